The Morgan fingerprint density at radius 1 is 0.528 bits per heavy atom. The Labute approximate surface area is 230 Å². The SMILES string of the molecule is CCN[Si](NCC)(NCC)C(C)([Si](C)(N(C)C)N(C)C)[Si](N(CC)CC)(N(CC)CC)N(CC)CC. The molecule has 0 heterocycles. The van der Waals surface area contributed by atoms with Gasteiger partial charge in [0.2, 0.25) is 8.40 Å². The summed E-state index contributed by atoms with van der Waals surface area (Å²) in [4.78, 5) is 12.7. The smallest absolute Gasteiger partial charge is 0.296 e. The van der Waals surface area contributed by atoms with Crippen molar-refractivity contribution in [2.45, 2.75) is 80.1 Å². The third-order valence-electron chi connectivity index (χ3n) is 9.05. The van der Waals surface area contributed by atoms with Gasteiger partial charge in [-0.2, -0.15) is 0 Å². The maximum absolute atomic E-state index is 4.22. The van der Waals surface area contributed by atoms with Gasteiger partial charge in [0.05, 0.1) is 4.28 Å². The number of nitrogens with zero attached hydrogens (tertiary/aromatic N) is 5. The largest absolute Gasteiger partial charge is 0.317 e. The van der Waals surface area contributed by atoms with Crippen LogP contribution in [0, 0.1) is 0 Å². The Hall–Kier alpha value is 0.331. The van der Waals surface area contributed by atoms with Crippen molar-refractivity contribution in [2.75, 3.05) is 87.1 Å². The Bertz CT molecular complexity index is 542. The van der Waals surface area contributed by atoms with Crippen LogP contribution in [0.15, 0.2) is 0 Å². The van der Waals surface area contributed by atoms with Crippen molar-refractivity contribution in [3.8, 4) is 0 Å². The van der Waals surface area contributed by atoms with Crippen molar-refractivity contribution in [2.24, 2.45) is 0 Å². The van der Waals surface area contributed by atoms with Crippen molar-refractivity contribution in [1.82, 2.24) is 37.8 Å². The molecule has 36 heavy (non-hydrogen) atoms. The van der Waals surface area contributed by atoms with Gasteiger partial charge in [0.1, 0.15) is 0 Å². The van der Waals surface area contributed by atoms with Crippen LogP contribution in [-0.2, 0) is 0 Å². The average Bonchev–Trinajstić information content (AvgIpc) is 2.84. The summed E-state index contributed by atoms with van der Waals surface area (Å²) >= 11 is 0. The van der Waals surface area contributed by atoms with E-state index in [1.54, 1.807) is 0 Å². The van der Waals surface area contributed by atoms with Crippen LogP contribution in [0.25, 0.3) is 0 Å². The molecular formula is C25H66N8Si3. The summed E-state index contributed by atoms with van der Waals surface area (Å²) in [6.45, 7) is 35.8. The third-order valence-corrected chi connectivity index (χ3v) is 31.6. The minimum absolute atomic E-state index is 0.0356. The second-order valence-electron chi connectivity index (χ2n) is 10.4. The van der Waals surface area contributed by atoms with E-state index in [1.165, 1.54) is 0 Å². The van der Waals surface area contributed by atoms with Gasteiger partial charge in [0.15, 0.2) is 0 Å². The summed E-state index contributed by atoms with van der Waals surface area (Å²) in [5, 5.41) is 0. The second-order valence-corrected chi connectivity index (χ2v) is 24.5. The van der Waals surface area contributed by atoms with Gasteiger partial charge in [-0.25, -0.2) is 0 Å². The van der Waals surface area contributed by atoms with E-state index in [0.29, 0.717) is 0 Å². The number of rotatable bonds is 20. The number of hydrogen-bond donors (Lipinski definition) is 3. The molecule has 0 saturated heterocycles. The zero-order chi connectivity index (χ0) is 28.4. The Morgan fingerprint density at radius 2 is 0.778 bits per heavy atom. The Morgan fingerprint density at radius 3 is 0.944 bits per heavy atom. The van der Waals surface area contributed by atoms with E-state index < -0.39 is 25.5 Å². The van der Waals surface area contributed by atoms with Gasteiger partial charge in [-0.05, 0) is 93.6 Å². The van der Waals surface area contributed by atoms with Gasteiger partial charge >= 0.3 is 0 Å². The van der Waals surface area contributed by atoms with E-state index in [-0.39, 0.29) is 4.28 Å². The minimum atomic E-state index is -2.59. The quantitative estimate of drug-likeness (QED) is 0.196. The van der Waals surface area contributed by atoms with Crippen molar-refractivity contribution < 1.29 is 0 Å². The summed E-state index contributed by atoms with van der Waals surface area (Å²) in [6, 6.07) is 0. The highest BCUT2D eigenvalue weighted by molar-refractivity contribution is 7.11. The second kappa shape index (κ2) is 15.8. The van der Waals surface area contributed by atoms with Crippen molar-refractivity contribution in [1.29, 1.82) is 0 Å². The molecule has 11 heteroatoms. The van der Waals surface area contributed by atoms with E-state index in [4.69, 9.17) is 0 Å². The molecule has 1 atom stereocenters. The zero-order valence-electron chi connectivity index (χ0n) is 27.1. The molecule has 0 bridgehead atoms. The predicted octanol–water partition coefficient (Wildman–Crippen LogP) is 2.75. The molecule has 0 aromatic rings. The van der Waals surface area contributed by atoms with E-state index in [9.17, 15) is 0 Å². The lowest BCUT2D eigenvalue weighted by Gasteiger charge is -2.70. The van der Waals surface area contributed by atoms with Crippen LogP contribution in [0.3, 0.4) is 0 Å². The molecule has 0 aliphatic rings. The Kier molecular flexibility index (Phi) is 15.9. The van der Waals surface area contributed by atoms with Gasteiger partial charge in [0.25, 0.3) is 17.1 Å². The highest BCUT2D eigenvalue weighted by atomic mass is 28.5. The molecule has 0 saturated carbocycles. The summed E-state index contributed by atoms with van der Waals surface area (Å²) in [5.41, 5.74) is 0. The highest BCUT2D eigenvalue weighted by Crippen LogP contribution is 2.55. The van der Waals surface area contributed by atoms with Crippen molar-refractivity contribution in [3.05, 3.63) is 0 Å². The standard InChI is InChI=1S/C25H66N8Si3/c1-16-26-35(27-17-2,28-18-3)25(10,34(15,29(11)12)30(13)14)36(31(19-4)20-5,32(21-6)22-7)33(23-8)24-9/h26-28H,16-24H2,1-15H3. The first-order valence-corrected chi connectivity index (χ1v) is 21.0. The molecular weight excluding hydrogens is 497 g/mol. The summed E-state index contributed by atoms with van der Waals surface area (Å²) in [7, 11) is 1.88. The lowest BCUT2D eigenvalue weighted by molar-refractivity contribution is 0.244. The lowest BCUT2D eigenvalue weighted by Crippen LogP contribution is -2.97. The monoisotopic (exact) mass is 562 g/mol. The van der Waals surface area contributed by atoms with Crippen LogP contribution < -0.4 is 14.9 Å². The first-order valence-electron chi connectivity index (χ1n) is 14.7. The first-order chi connectivity index (χ1) is 16.9. The predicted molar refractivity (Wildman–Crippen MR) is 169 cm³/mol. The maximum Gasteiger partial charge on any atom is 0.296 e. The van der Waals surface area contributed by atoms with E-state index >= 15 is 0 Å². The van der Waals surface area contributed by atoms with Crippen LogP contribution in [-0.4, -0.2) is 135 Å². The van der Waals surface area contributed by atoms with Gasteiger partial charge < -0.3 is 24.1 Å². The van der Waals surface area contributed by atoms with E-state index in [2.05, 4.69) is 142 Å². The van der Waals surface area contributed by atoms with E-state index in [0.717, 1.165) is 58.9 Å². The third kappa shape index (κ3) is 5.77. The normalized spacial score (nSPS) is 15.7. The van der Waals surface area contributed by atoms with Crippen LogP contribution >= 0.6 is 0 Å². The molecule has 0 radical (unpaired) electrons. The van der Waals surface area contributed by atoms with Crippen LogP contribution in [0.2, 0.25) is 10.8 Å². The van der Waals surface area contributed by atoms with Gasteiger partial charge in [-0.3, -0.25) is 13.7 Å². The van der Waals surface area contributed by atoms with Gasteiger partial charge in [0, 0.05) is 0 Å². The summed E-state index contributed by atoms with van der Waals surface area (Å²) < 4.78 is 14.0. The molecule has 0 aliphatic heterocycles. The van der Waals surface area contributed by atoms with Crippen LogP contribution in [0.5, 0.6) is 0 Å². The molecule has 0 amide bonds. The Balaban J connectivity index is 8.62. The summed E-state index contributed by atoms with van der Waals surface area (Å²) in [6.07, 6.45) is 0. The minimum Gasteiger partial charge on any atom is -0.317 e. The van der Waals surface area contributed by atoms with Crippen molar-refractivity contribution in [3.63, 3.8) is 0 Å². The first kappa shape index (κ1) is 36.3. The molecule has 3 N–H and O–H groups in total. The van der Waals surface area contributed by atoms with Crippen molar-refractivity contribution >= 4 is 25.5 Å². The van der Waals surface area contributed by atoms with Crippen LogP contribution in [0.4, 0.5) is 0 Å². The molecule has 1 unspecified atom stereocenters. The number of nitrogens with one attached hydrogen (secondary N) is 3. The van der Waals surface area contributed by atoms with Gasteiger partial charge in [-0.15, -0.1) is 0 Å². The van der Waals surface area contributed by atoms with Gasteiger partial charge in [-0.1, -0.05) is 69.2 Å². The lowest BCUT2D eigenvalue weighted by atomic mass is 10.6. The fraction of sp³-hybridized carbons (Fsp3) is 1.00. The molecule has 0 aliphatic carbocycles. The average molecular weight is 563 g/mol. The van der Waals surface area contributed by atoms with E-state index in [1.807, 2.05) is 0 Å². The van der Waals surface area contributed by atoms with Crippen LogP contribution in [0.1, 0.15) is 69.2 Å². The molecule has 0 fully saturated rings. The topological polar surface area (TPSA) is 52.3 Å². The molecule has 0 aromatic heterocycles. The highest BCUT2D eigenvalue weighted by Gasteiger charge is 2.78. The maximum atomic E-state index is 4.22. The molecule has 8 nitrogen and oxygen atoms in total. The molecule has 0 spiro atoms. The fourth-order valence-electron chi connectivity index (χ4n) is 7.27. The molecule has 218 valence electrons. The molecule has 0 rings (SSSR count). The zero-order valence-corrected chi connectivity index (χ0v) is 30.1. The number of hydrogen-bond acceptors (Lipinski definition) is 8. The molecule has 0 aromatic carbocycles. The summed E-state index contributed by atoms with van der Waals surface area (Å²) in [5.74, 6) is 0. The fourth-order valence-corrected chi connectivity index (χ4v) is 33.1.